The molecule has 2 heterocycles. The second-order valence-corrected chi connectivity index (χ2v) is 6.49. The van der Waals surface area contributed by atoms with Crippen LogP contribution in [0.25, 0.3) is 38.8 Å². The van der Waals surface area contributed by atoms with Crippen molar-refractivity contribution < 1.29 is 0 Å². The number of halogens is 1. The van der Waals surface area contributed by atoms with Crippen molar-refractivity contribution in [2.24, 2.45) is 0 Å². The van der Waals surface area contributed by atoms with Gasteiger partial charge in [-0.3, -0.25) is 4.79 Å². The van der Waals surface area contributed by atoms with Gasteiger partial charge in [-0.05, 0) is 48.5 Å². The van der Waals surface area contributed by atoms with Crippen molar-refractivity contribution >= 4 is 39.1 Å². The van der Waals surface area contributed by atoms with Crippen LogP contribution in [0, 0.1) is 0 Å². The summed E-state index contributed by atoms with van der Waals surface area (Å²) >= 11 is 6.02. The van der Waals surface area contributed by atoms with Gasteiger partial charge in [0.05, 0.1) is 16.4 Å². The molecule has 124 valence electrons. The average molecular weight is 358 g/mol. The standard InChI is InChI=1S/C21H12ClN3O/c22-14-11-9-13(10-12-14)19-23-17-7-3-1-5-15(17)20-24-18-8-4-2-6-16(18)21(26)25(19)20/h1-12H. The second-order valence-electron chi connectivity index (χ2n) is 6.05. The molecule has 0 fully saturated rings. The van der Waals surface area contributed by atoms with Crippen LogP contribution >= 0.6 is 11.6 Å². The van der Waals surface area contributed by atoms with E-state index in [-0.39, 0.29) is 5.56 Å². The summed E-state index contributed by atoms with van der Waals surface area (Å²) in [5.41, 5.74) is 2.75. The third-order valence-corrected chi connectivity index (χ3v) is 4.71. The Morgan fingerprint density at radius 1 is 0.731 bits per heavy atom. The lowest BCUT2D eigenvalue weighted by Gasteiger charge is -2.12. The normalized spacial score (nSPS) is 11.4. The number of para-hydroxylation sites is 2. The molecule has 0 amide bonds. The summed E-state index contributed by atoms with van der Waals surface area (Å²) < 4.78 is 1.59. The van der Waals surface area contributed by atoms with Gasteiger partial charge in [0.1, 0.15) is 5.82 Å². The monoisotopic (exact) mass is 357 g/mol. The highest BCUT2D eigenvalue weighted by atomic mass is 35.5. The van der Waals surface area contributed by atoms with Gasteiger partial charge < -0.3 is 0 Å². The number of fused-ring (bicyclic) bond motifs is 4. The topological polar surface area (TPSA) is 47.3 Å². The summed E-state index contributed by atoms with van der Waals surface area (Å²) in [6.07, 6.45) is 0. The van der Waals surface area contributed by atoms with Gasteiger partial charge in [-0.1, -0.05) is 35.9 Å². The fourth-order valence-electron chi connectivity index (χ4n) is 3.23. The third kappa shape index (κ3) is 2.20. The molecule has 26 heavy (non-hydrogen) atoms. The van der Waals surface area contributed by atoms with Crippen LogP contribution in [0.3, 0.4) is 0 Å². The van der Waals surface area contributed by atoms with Gasteiger partial charge in [-0.2, -0.15) is 0 Å². The van der Waals surface area contributed by atoms with E-state index < -0.39 is 0 Å². The lowest BCUT2D eigenvalue weighted by molar-refractivity contribution is 1.05. The Morgan fingerprint density at radius 3 is 2.08 bits per heavy atom. The van der Waals surface area contributed by atoms with E-state index >= 15 is 0 Å². The molecule has 4 nitrogen and oxygen atoms in total. The van der Waals surface area contributed by atoms with E-state index in [1.54, 1.807) is 22.6 Å². The zero-order valence-electron chi connectivity index (χ0n) is 13.6. The molecule has 0 aliphatic rings. The molecule has 3 aromatic carbocycles. The lowest BCUT2D eigenvalue weighted by Crippen LogP contribution is -2.18. The number of nitrogens with zero attached hydrogens (tertiary/aromatic N) is 3. The maximum atomic E-state index is 13.2. The highest BCUT2D eigenvalue weighted by Crippen LogP contribution is 2.25. The molecule has 0 saturated carbocycles. The van der Waals surface area contributed by atoms with Crippen LogP contribution in [0.2, 0.25) is 5.02 Å². The molecule has 0 atom stereocenters. The maximum Gasteiger partial charge on any atom is 0.267 e. The van der Waals surface area contributed by atoms with Crippen LogP contribution < -0.4 is 5.56 Å². The molecular weight excluding hydrogens is 346 g/mol. The van der Waals surface area contributed by atoms with Gasteiger partial charge >= 0.3 is 0 Å². The van der Waals surface area contributed by atoms with Crippen LogP contribution in [0.1, 0.15) is 0 Å². The van der Waals surface area contributed by atoms with Gasteiger partial charge in [0, 0.05) is 16.0 Å². The number of aromatic nitrogens is 3. The molecule has 5 rings (SSSR count). The molecule has 0 aliphatic carbocycles. The predicted molar refractivity (Wildman–Crippen MR) is 105 cm³/mol. The molecule has 0 radical (unpaired) electrons. The maximum absolute atomic E-state index is 13.2. The van der Waals surface area contributed by atoms with E-state index in [9.17, 15) is 4.79 Å². The Labute approximate surface area is 153 Å². The van der Waals surface area contributed by atoms with Crippen molar-refractivity contribution in [3.63, 3.8) is 0 Å². The number of hydrogen-bond acceptors (Lipinski definition) is 3. The molecule has 0 spiro atoms. The summed E-state index contributed by atoms with van der Waals surface area (Å²) in [5, 5.41) is 2.04. The van der Waals surface area contributed by atoms with Crippen molar-refractivity contribution in [1.82, 2.24) is 14.4 Å². The van der Waals surface area contributed by atoms with Gasteiger partial charge in [-0.25, -0.2) is 14.4 Å². The highest BCUT2D eigenvalue weighted by molar-refractivity contribution is 6.30. The Morgan fingerprint density at radius 2 is 1.35 bits per heavy atom. The van der Waals surface area contributed by atoms with Crippen molar-refractivity contribution in [1.29, 1.82) is 0 Å². The van der Waals surface area contributed by atoms with E-state index in [0.29, 0.717) is 27.4 Å². The van der Waals surface area contributed by atoms with Crippen molar-refractivity contribution in [2.75, 3.05) is 0 Å². The molecule has 5 heteroatoms. The minimum absolute atomic E-state index is 0.131. The fraction of sp³-hybridized carbons (Fsp3) is 0. The van der Waals surface area contributed by atoms with Gasteiger partial charge in [-0.15, -0.1) is 0 Å². The summed E-state index contributed by atoms with van der Waals surface area (Å²) in [6.45, 7) is 0. The van der Waals surface area contributed by atoms with Crippen molar-refractivity contribution in [2.45, 2.75) is 0 Å². The number of benzene rings is 3. The molecular formula is C21H12ClN3O. The Kier molecular flexibility index (Phi) is 3.27. The minimum Gasteiger partial charge on any atom is -0.268 e. The van der Waals surface area contributed by atoms with Crippen LogP contribution in [0.15, 0.2) is 77.6 Å². The van der Waals surface area contributed by atoms with Crippen LogP contribution in [0.5, 0.6) is 0 Å². The Bertz CT molecular complexity index is 1360. The molecule has 0 unspecified atom stereocenters. The second kappa shape index (κ2) is 5.64. The van der Waals surface area contributed by atoms with Gasteiger partial charge in [0.25, 0.3) is 5.56 Å². The highest BCUT2D eigenvalue weighted by Gasteiger charge is 2.15. The number of hydrogen-bond donors (Lipinski definition) is 0. The minimum atomic E-state index is -0.131. The van der Waals surface area contributed by atoms with E-state index in [0.717, 1.165) is 16.5 Å². The summed E-state index contributed by atoms with van der Waals surface area (Å²) in [4.78, 5) is 22.8. The van der Waals surface area contributed by atoms with E-state index in [4.69, 9.17) is 21.6 Å². The zero-order valence-corrected chi connectivity index (χ0v) is 14.3. The Hall–Kier alpha value is -3.24. The van der Waals surface area contributed by atoms with Crippen molar-refractivity contribution in [3.05, 3.63) is 88.2 Å². The molecule has 0 N–H and O–H groups in total. The van der Waals surface area contributed by atoms with E-state index in [2.05, 4.69) is 0 Å². The molecule has 5 aromatic rings. The first-order valence-electron chi connectivity index (χ1n) is 8.18. The molecule has 0 saturated heterocycles. The van der Waals surface area contributed by atoms with Crippen LogP contribution in [-0.4, -0.2) is 14.4 Å². The SMILES string of the molecule is O=c1c2ccccc2nc2c3ccccc3nc(-c3ccc(Cl)cc3)n12. The van der Waals surface area contributed by atoms with Gasteiger partial charge in [0.2, 0.25) is 0 Å². The van der Waals surface area contributed by atoms with Gasteiger partial charge in [0.15, 0.2) is 5.65 Å². The van der Waals surface area contributed by atoms with Crippen LogP contribution in [-0.2, 0) is 0 Å². The quantitative estimate of drug-likeness (QED) is 0.322. The van der Waals surface area contributed by atoms with Crippen molar-refractivity contribution in [3.8, 4) is 11.4 Å². The largest absolute Gasteiger partial charge is 0.268 e. The first kappa shape index (κ1) is 15.0. The summed E-state index contributed by atoms with van der Waals surface area (Å²) in [6, 6.07) is 22.4. The van der Waals surface area contributed by atoms with E-state index in [1.807, 2.05) is 54.6 Å². The van der Waals surface area contributed by atoms with E-state index in [1.165, 1.54) is 0 Å². The summed E-state index contributed by atoms with van der Waals surface area (Å²) in [7, 11) is 0. The first-order chi connectivity index (χ1) is 12.7. The number of rotatable bonds is 1. The third-order valence-electron chi connectivity index (χ3n) is 4.46. The Balaban J connectivity index is 2.04. The van der Waals surface area contributed by atoms with Crippen LogP contribution in [0.4, 0.5) is 0 Å². The summed E-state index contributed by atoms with van der Waals surface area (Å²) in [5.74, 6) is 0.554. The lowest BCUT2D eigenvalue weighted by atomic mass is 10.1. The molecule has 0 aliphatic heterocycles. The fourth-order valence-corrected chi connectivity index (χ4v) is 3.35. The predicted octanol–water partition coefficient (Wildman–Crippen LogP) is 4.72. The smallest absolute Gasteiger partial charge is 0.267 e. The first-order valence-corrected chi connectivity index (χ1v) is 8.56. The molecule has 2 aromatic heterocycles. The molecule has 0 bridgehead atoms. The average Bonchev–Trinajstić information content (AvgIpc) is 2.68. The zero-order chi connectivity index (χ0) is 17.7.